The number of carboxylic acids is 1. The highest BCUT2D eigenvalue weighted by Crippen LogP contribution is 2.14. The topological polar surface area (TPSA) is 72.5 Å². The minimum atomic E-state index is -0.731. The van der Waals surface area contributed by atoms with Crippen LogP contribution in [0.1, 0.15) is 38.2 Å². The van der Waals surface area contributed by atoms with E-state index in [2.05, 4.69) is 0 Å². The number of nitrogens with two attached hydrogens (primary N) is 1. The Morgan fingerprint density at radius 3 is 2.53 bits per heavy atom. The average molecular weight is 265 g/mol. The quantitative estimate of drug-likeness (QED) is 0.673. The molecule has 106 valence electrons. The Bertz CT molecular complexity index is 373. The maximum absolute atomic E-state index is 10.3. The number of ether oxygens (including phenoxy) is 1. The maximum atomic E-state index is 10.3. The lowest BCUT2D eigenvalue weighted by Crippen LogP contribution is -2.17. The third-order valence-electron chi connectivity index (χ3n) is 2.78. The van der Waals surface area contributed by atoms with Crippen molar-refractivity contribution in [3.8, 4) is 5.75 Å². The van der Waals surface area contributed by atoms with E-state index in [1.807, 2.05) is 31.2 Å². The van der Waals surface area contributed by atoms with E-state index >= 15 is 0 Å². The van der Waals surface area contributed by atoms with Gasteiger partial charge in [-0.3, -0.25) is 4.79 Å². The minimum Gasteiger partial charge on any atom is -0.494 e. The van der Waals surface area contributed by atoms with Crippen LogP contribution in [0, 0.1) is 0 Å². The number of rotatable bonds is 9. The number of carbonyl (C=O) groups is 1. The van der Waals surface area contributed by atoms with Crippen molar-refractivity contribution < 1.29 is 14.6 Å². The Balaban J connectivity index is 2.17. The molecule has 0 aliphatic rings. The van der Waals surface area contributed by atoms with Crippen LogP contribution in [0.25, 0.3) is 0 Å². The molecule has 1 aromatic rings. The van der Waals surface area contributed by atoms with Gasteiger partial charge < -0.3 is 15.6 Å². The van der Waals surface area contributed by atoms with Crippen molar-refractivity contribution >= 4 is 5.97 Å². The zero-order valence-electron chi connectivity index (χ0n) is 11.5. The summed E-state index contributed by atoms with van der Waals surface area (Å²) in [5.41, 5.74) is 6.95. The van der Waals surface area contributed by atoms with Crippen LogP contribution in [-0.4, -0.2) is 23.7 Å². The van der Waals surface area contributed by atoms with E-state index in [0.717, 1.165) is 25.0 Å². The molecule has 0 aliphatic carbocycles. The summed E-state index contributed by atoms with van der Waals surface area (Å²) in [7, 11) is 0. The normalized spacial score (nSPS) is 12.1. The van der Waals surface area contributed by atoms with Crippen LogP contribution in [0.4, 0.5) is 0 Å². The largest absolute Gasteiger partial charge is 0.494 e. The first-order valence-electron chi connectivity index (χ1n) is 6.77. The molecule has 0 saturated heterocycles. The first-order valence-corrected chi connectivity index (χ1v) is 6.77. The molecule has 0 saturated carbocycles. The molecule has 0 heterocycles. The van der Waals surface area contributed by atoms with Gasteiger partial charge >= 0.3 is 5.97 Å². The van der Waals surface area contributed by atoms with Crippen LogP contribution < -0.4 is 10.5 Å². The third kappa shape index (κ3) is 7.47. The van der Waals surface area contributed by atoms with Crippen molar-refractivity contribution in [1.82, 2.24) is 0 Å². The number of carboxylic acid groups (broad SMARTS) is 1. The first kappa shape index (κ1) is 15.5. The molecule has 0 unspecified atom stereocenters. The van der Waals surface area contributed by atoms with E-state index in [0.29, 0.717) is 13.0 Å². The summed E-state index contributed by atoms with van der Waals surface area (Å²) < 4.78 is 5.59. The fourth-order valence-corrected chi connectivity index (χ4v) is 1.84. The molecule has 4 nitrogen and oxygen atoms in total. The smallest absolute Gasteiger partial charge is 0.303 e. The Hall–Kier alpha value is -1.55. The molecule has 1 rings (SSSR count). The fraction of sp³-hybridized carbons (Fsp3) is 0.533. The highest BCUT2D eigenvalue weighted by molar-refractivity contribution is 5.66. The van der Waals surface area contributed by atoms with Crippen LogP contribution in [0.2, 0.25) is 0 Å². The molecule has 0 fully saturated rings. The molecule has 3 N–H and O–H groups in total. The van der Waals surface area contributed by atoms with Crippen molar-refractivity contribution in [2.24, 2.45) is 5.73 Å². The predicted octanol–water partition coefficient (Wildman–Crippen LogP) is 2.60. The first-order chi connectivity index (χ1) is 9.08. The number of benzene rings is 1. The van der Waals surface area contributed by atoms with Gasteiger partial charge in [0.1, 0.15) is 5.75 Å². The molecule has 1 atom stereocenters. The SMILES string of the molecule is C[C@@H](N)Cc1ccc(OCCCCCC(=O)O)cc1. The summed E-state index contributed by atoms with van der Waals surface area (Å²) in [5.74, 6) is 0.122. The lowest BCUT2D eigenvalue weighted by atomic mass is 10.1. The summed E-state index contributed by atoms with van der Waals surface area (Å²) in [5, 5.41) is 8.50. The third-order valence-corrected chi connectivity index (χ3v) is 2.78. The van der Waals surface area contributed by atoms with E-state index in [9.17, 15) is 4.79 Å². The van der Waals surface area contributed by atoms with Crippen molar-refractivity contribution in [1.29, 1.82) is 0 Å². The molecule has 0 aliphatic heterocycles. The highest BCUT2D eigenvalue weighted by atomic mass is 16.5. The Kier molecular flexibility index (Phi) is 6.97. The van der Waals surface area contributed by atoms with Crippen LogP contribution in [0.3, 0.4) is 0 Å². The van der Waals surface area contributed by atoms with E-state index in [1.165, 1.54) is 5.56 Å². The van der Waals surface area contributed by atoms with Gasteiger partial charge in [0.05, 0.1) is 6.61 Å². The van der Waals surface area contributed by atoms with Crippen LogP contribution in [0.5, 0.6) is 5.75 Å². The average Bonchev–Trinajstić information content (AvgIpc) is 2.34. The van der Waals surface area contributed by atoms with Crippen LogP contribution >= 0.6 is 0 Å². The van der Waals surface area contributed by atoms with E-state index in [4.69, 9.17) is 15.6 Å². The Morgan fingerprint density at radius 1 is 1.26 bits per heavy atom. The summed E-state index contributed by atoms with van der Waals surface area (Å²) in [6.45, 7) is 2.62. The van der Waals surface area contributed by atoms with Crippen molar-refractivity contribution in [3.05, 3.63) is 29.8 Å². The molecule has 1 aromatic carbocycles. The molecule has 19 heavy (non-hydrogen) atoms. The number of unbranched alkanes of at least 4 members (excludes halogenated alkanes) is 2. The van der Waals surface area contributed by atoms with Gasteiger partial charge in [0.25, 0.3) is 0 Å². The summed E-state index contributed by atoms with van der Waals surface area (Å²) in [4.78, 5) is 10.3. The van der Waals surface area contributed by atoms with Gasteiger partial charge in [-0.15, -0.1) is 0 Å². The zero-order chi connectivity index (χ0) is 14.1. The predicted molar refractivity (Wildman–Crippen MR) is 75.4 cm³/mol. The number of hydrogen-bond donors (Lipinski definition) is 2. The van der Waals surface area contributed by atoms with Crippen LogP contribution in [0.15, 0.2) is 24.3 Å². The minimum absolute atomic E-state index is 0.168. The molecule has 0 bridgehead atoms. The Morgan fingerprint density at radius 2 is 1.95 bits per heavy atom. The summed E-state index contributed by atoms with van der Waals surface area (Å²) in [6, 6.07) is 8.14. The second kappa shape index (κ2) is 8.53. The van der Waals surface area contributed by atoms with Crippen molar-refractivity contribution in [3.63, 3.8) is 0 Å². The summed E-state index contributed by atoms with van der Waals surface area (Å²) >= 11 is 0. The molecular weight excluding hydrogens is 242 g/mol. The van der Waals surface area contributed by atoms with Crippen molar-refractivity contribution in [2.75, 3.05) is 6.61 Å². The van der Waals surface area contributed by atoms with Crippen LogP contribution in [-0.2, 0) is 11.2 Å². The number of hydrogen-bond acceptors (Lipinski definition) is 3. The highest BCUT2D eigenvalue weighted by Gasteiger charge is 2.00. The molecular formula is C15H23NO3. The van der Waals surface area contributed by atoms with Gasteiger partial charge in [-0.1, -0.05) is 12.1 Å². The molecule has 0 aromatic heterocycles. The van der Waals surface area contributed by atoms with Gasteiger partial charge in [-0.2, -0.15) is 0 Å². The van der Waals surface area contributed by atoms with E-state index < -0.39 is 5.97 Å². The fourth-order valence-electron chi connectivity index (χ4n) is 1.84. The zero-order valence-corrected chi connectivity index (χ0v) is 11.5. The lowest BCUT2D eigenvalue weighted by molar-refractivity contribution is -0.137. The van der Waals surface area contributed by atoms with Gasteiger partial charge in [-0.25, -0.2) is 0 Å². The maximum Gasteiger partial charge on any atom is 0.303 e. The Labute approximate surface area is 114 Å². The van der Waals surface area contributed by atoms with Gasteiger partial charge in [-0.05, 0) is 50.3 Å². The van der Waals surface area contributed by atoms with E-state index in [1.54, 1.807) is 0 Å². The van der Waals surface area contributed by atoms with Gasteiger partial charge in [0, 0.05) is 12.5 Å². The van der Waals surface area contributed by atoms with Gasteiger partial charge in [0.2, 0.25) is 0 Å². The molecule has 0 radical (unpaired) electrons. The molecule has 4 heteroatoms. The lowest BCUT2D eigenvalue weighted by Gasteiger charge is -2.08. The molecule has 0 amide bonds. The monoisotopic (exact) mass is 265 g/mol. The summed E-state index contributed by atoms with van der Waals surface area (Å²) in [6.07, 6.45) is 3.59. The molecule has 0 spiro atoms. The van der Waals surface area contributed by atoms with E-state index in [-0.39, 0.29) is 12.5 Å². The number of aliphatic carboxylic acids is 1. The standard InChI is InChI=1S/C15H23NO3/c1-12(16)11-13-6-8-14(9-7-13)19-10-4-2-3-5-15(17)18/h6-9,12H,2-5,10-11,16H2,1H3,(H,17,18)/t12-/m1/s1. The van der Waals surface area contributed by atoms with Crippen molar-refractivity contribution in [2.45, 2.75) is 45.1 Å². The second-order valence-electron chi connectivity index (χ2n) is 4.88. The second-order valence-corrected chi connectivity index (χ2v) is 4.88. The van der Waals surface area contributed by atoms with Gasteiger partial charge in [0.15, 0.2) is 0 Å².